The molecule has 2 rings (SSSR count). The van der Waals surface area contributed by atoms with E-state index in [1.807, 2.05) is 33.1 Å². The Morgan fingerprint density at radius 2 is 2.20 bits per heavy atom. The molecule has 0 unspecified atom stereocenters. The fourth-order valence-electron chi connectivity index (χ4n) is 1.64. The first-order chi connectivity index (χ1) is 9.47. The van der Waals surface area contributed by atoms with Crippen LogP contribution in [0.2, 0.25) is 0 Å². The predicted octanol–water partition coefficient (Wildman–Crippen LogP) is 2.21. The fraction of sp³-hybridized carbons (Fsp3) is 0.538. The second-order valence-electron chi connectivity index (χ2n) is 5.03. The first kappa shape index (κ1) is 14.6. The van der Waals surface area contributed by atoms with E-state index in [9.17, 15) is 4.79 Å². The van der Waals surface area contributed by atoms with Crippen molar-refractivity contribution in [3.63, 3.8) is 0 Å². The molecule has 2 aromatic rings. The number of esters is 1. The van der Waals surface area contributed by atoms with Crippen molar-refractivity contribution in [3.05, 3.63) is 27.5 Å². The van der Waals surface area contributed by atoms with Gasteiger partial charge in [-0.05, 0) is 19.8 Å². The lowest BCUT2D eigenvalue weighted by molar-refractivity contribution is 0.0451. The fourth-order valence-corrected chi connectivity index (χ4v) is 2.25. The van der Waals surface area contributed by atoms with Crippen LogP contribution in [0.4, 0.5) is 0 Å². The van der Waals surface area contributed by atoms with Crippen LogP contribution < -0.4 is 0 Å². The van der Waals surface area contributed by atoms with E-state index >= 15 is 0 Å². The highest BCUT2D eigenvalue weighted by atomic mass is 32.1. The van der Waals surface area contributed by atoms with Gasteiger partial charge in [-0.2, -0.15) is 0 Å². The molecule has 0 aliphatic heterocycles. The molecule has 0 fully saturated rings. The number of carbonyl (C=O) groups is 1. The van der Waals surface area contributed by atoms with Gasteiger partial charge in [0.1, 0.15) is 0 Å². The molecule has 0 N–H and O–H groups in total. The minimum atomic E-state index is -0.420. The number of aromatic nitrogens is 4. The number of ether oxygens (including phenoxy) is 1. The van der Waals surface area contributed by atoms with Crippen LogP contribution in [0.5, 0.6) is 0 Å². The Hall–Kier alpha value is -1.76. The molecule has 7 heteroatoms. The average molecular weight is 294 g/mol. The molecule has 0 spiro atoms. The van der Waals surface area contributed by atoms with Gasteiger partial charge in [0, 0.05) is 5.38 Å². The van der Waals surface area contributed by atoms with Crippen molar-refractivity contribution in [2.45, 2.75) is 34.2 Å². The number of carbonyl (C=O) groups excluding carboxylic acids is 1. The van der Waals surface area contributed by atoms with Crippen LogP contribution >= 0.6 is 11.3 Å². The van der Waals surface area contributed by atoms with Gasteiger partial charge in [-0.1, -0.05) is 19.1 Å². The van der Waals surface area contributed by atoms with E-state index in [1.165, 1.54) is 0 Å². The van der Waals surface area contributed by atoms with Crippen LogP contribution in [0.15, 0.2) is 5.38 Å². The summed E-state index contributed by atoms with van der Waals surface area (Å²) < 4.78 is 6.84. The normalized spacial score (nSPS) is 11.1. The monoisotopic (exact) mass is 294 g/mol. The summed E-state index contributed by atoms with van der Waals surface area (Å²) in [6, 6.07) is 0. The van der Waals surface area contributed by atoms with E-state index in [2.05, 4.69) is 15.3 Å². The number of hydrogen-bond acceptors (Lipinski definition) is 6. The Bertz CT molecular complexity index is 603. The molecule has 0 bridgehead atoms. The van der Waals surface area contributed by atoms with Crippen molar-refractivity contribution >= 4 is 17.3 Å². The molecule has 0 saturated carbocycles. The van der Waals surface area contributed by atoms with Gasteiger partial charge in [0.2, 0.25) is 0 Å². The largest absolute Gasteiger partial charge is 0.461 e. The SMILES string of the molecule is Cc1nc(Cn2nnc(C(=O)OCC(C)C)c2C)cs1. The smallest absolute Gasteiger partial charge is 0.360 e. The third-order valence-corrected chi connectivity index (χ3v) is 3.52. The molecular weight excluding hydrogens is 276 g/mol. The molecule has 0 aliphatic carbocycles. The molecule has 108 valence electrons. The number of nitrogens with zero attached hydrogens (tertiary/aromatic N) is 4. The minimum Gasteiger partial charge on any atom is -0.461 e. The van der Waals surface area contributed by atoms with Gasteiger partial charge in [-0.3, -0.25) is 0 Å². The zero-order chi connectivity index (χ0) is 14.7. The Balaban J connectivity index is 2.08. The van der Waals surface area contributed by atoms with Crippen molar-refractivity contribution in [2.75, 3.05) is 6.61 Å². The van der Waals surface area contributed by atoms with Gasteiger partial charge in [-0.15, -0.1) is 16.4 Å². The van der Waals surface area contributed by atoms with Crippen molar-refractivity contribution in [1.82, 2.24) is 20.0 Å². The van der Waals surface area contributed by atoms with E-state index in [0.29, 0.717) is 24.8 Å². The highest BCUT2D eigenvalue weighted by Crippen LogP contribution is 2.12. The summed E-state index contributed by atoms with van der Waals surface area (Å²) in [4.78, 5) is 16.3. The standard InChI is InChI=1S/C13H18N4O2S/c1-8(2)6-19-13(18)12-9(3)17(16-15-12)5-11-7-20-10(4)14-11/h7-8H,5-6H2,1-4H3. The molecule has 0 radical (unpaired) electrons. The summed E-state index contributed by atoms with van der Waals surface area (Å²) >= 11 is 1.59. The first-order valence-electron chi connectivity index (χ1n) is 6.45. The first-order valence-corrected chi connectivity index (χ1v) is 7.33. The maximum atomic E-state index is 11.9. The molecule has 0 amide bonds. The van der Waals surface area contributed by atoms with Gasteiger partial charge in [0.25, 0.3) is 0 Å². The van der Waals surface area contributed by atoms with E-state index < -0.39 is 5.97 Å². The number of aryl methyl sites for hydroxylation is 1. The van der Waals surface area contributed by atoms with E-state index in [0.717, 1.165) is 10.7 Å². The zero-order valence-corrected chi connectivity index (χ0v) is 12.9. The number of hydrogen-bond donors (Lipinski definition) is 0. The molecule has 6 nitrogen and oxygen atoms in total. The van der Waals surface area contributed by atoms with E-state index in [4.69, 9.17) is 4.74 Å². The third-order valence-electron chi connectivity index (χ3n) is 2.70. The van der Waals surface area contributed by atoms with Gasteiger partial charge in [-0.25, -0.2) is 14.5 Å². The van der Waals surface area contributed by atoms with Crippen LogP contribution in [0, 0.1) is 19.8 Å². The second kappa shape index (κ2) is 6.13. The van der Waals surface area contributed by atoms with Crippen LogP contribution in [-0.4, -0.2) is 32.6 Å². The average Bonchev–Trinajstić information content (AvgIpc) is 2.95. The molecular formula is C13H18N4O2S. The molecule has 20 heavy (non-hydrogen) atoms. The van der Waals surface area contributed by atoms with Crippen LogP contribution in [0.25, 0.3) is 0 Å². The lowest BCUT2D eigenvalue weighted by atomic mass is 10.2. The minimum absolute atomic E-state index is 0.276. The van der Waals surface area contributed by atoms with Crippen LogP contribution in [-0.2, 0) is 11.3 Å². The highest BCUT2D eigenvalue weighted by molar-refractivity contribution is 7.09. The second-order valence-corrected chi connectivity index (χ2v) is 6.09. The maximum absolute atomic E-state index is 11.9. The number of rotatable bonds is 5. The Morgan fingerprint density at radius 3 is 2.80 bits per heavy atom. The van der Waals surface area contributed by atoms with Crippen LogP contribution in [0.1, 0.15) is 40.7 Å². The Morgan fingerprint density at radius 1 is 1.45 bits per heavy atom. The Labute approximate surface area is 121 Å². The zero-order valence-electron chi connectivity index (χ0n) is 12.1. The van der Waals surface area contributed by atoms with Gasteiger partial charge in [0.05, 0.1) is 29.5 Å². The van der Waals surface area contributed by atoms with Crippen molar-refractivity contribution < 1.29 is 9.53 Å². The summed E-state index contributed by atoms with van der Waals surface area (Å²) in [5.74, 6) is -0.121. The third kappa shape index (κ3) is 3.41. The molecule has 0 saturated heterocycles. The number of thiazole rings is 1. The van der Waals surface area contributed by atoms with Gasteiger partial charge in [0.15, 0.2) is 5.69 Å². The van der Waals surface area contributed by atoms with Crippen molar-refractivity contribution in [3.8, 4) is 0 Å². The van der Waals surface area contributed by atoms with Crippen molar-refractivity contribution in [2.24, 2.45) is 5.92 Å². The van der Waals surface area contributed by atoms with Crippen molar-refractivity contribution in [1.29, 1.82) is 0 Å². The molecule has 2 heterocycles. The predicted molar refractivity (Wildman–Crippen MR) is 75.8 cm³/mol. The summed E-state index contributed by atoms with van der Waals surface area (Å²) in [5.41, 5.74) is 1.89. The van der Waals surface area contributed by atoms with Crippen LogP contribution in [0.3, 0.4) is 0 Å². The molecule has 2 aromatic heterocycles. The topological polar surface area (TPSA) is 69.9 Å². The summed E-state index contributed by atoms with van der Waals surface area (Å²) in [5, 5.41) is 10.9. The van der Waals surface area contributed by atoms with E-state index in [-0.39, 0.29) is 5.69 Å². The van der Waals surface area contributed by atoms with Gasteiger partial charge >= 0.3 is 5.97 Å². The summed E-state index contributed by atoms with van der Waals surface area (Å²) in [7, 11) is 0. The molecule has 0 aliphatic rings. The lowest BCUT2D eigenvalue weighted by Gasteiger charge is -2.05. The summed E-state index contributed by atoms with van der Waals surface area (Å²) in [6.07, 6.45) is 0. The van der Waals surface area contributed by atoms with Gasteiger partial charge < -0.3 is 4.74 Å². The maximum Gasteiger partial charge on any atom is 0.360 e. The Kier molecular flexibility index (Phi) is 4.49. The lowest BCUT2D eigenvalue weighted by Crippen LogP contribution is -2.12. The molecule has 0 aromatic carbocycles. The quantitative estimate of drug-likeness (QED) is 0.791. The van der Waals surface area contributed by atoms with E-state index in [1.54, 1.807) is 16.0 Å². The summed E-state index contributed by atoms with van der Waals surface area (Å²) in [6.45, 7) is 8.64. The molecule has 0 atom stereocenters. The highest BCUT2D eigenvalue weighted by Gasteiger charge is 2.18.